The van der Waals surface area contributed by atoms with E-state index in [1.807, 2.05) is 31.7 Å². The van der Waals surface area contributed by atoms with E-state index >= 15 is 0 Å². The van der Waals surface area contributed by atoms with E-state index in [0.717, 1.165) is 25.8 Å². The van der Waals surface area contributed by atoms with Crippen molar-refractivity contribution in [1.82, 2.24) is 10.2 Å². The molecule has 164 valence electrons. The monoisotopic (exact) mass is 412 g/mol. The van der Waals surface area contributed by atoms with Gasteiger partial charge in [0.1, 0.15) is 5.60 Å². The number of nitrogens with zero attached hydrogens (tertiary/aromatic N) is 1. The van der Waals surface area contributed by atoms with Gasteiger partial charge in [0.2, 0.25) is 5.91 Å². The fourth-order valence-electron chi connectivity index (χ4n) is 4.72. The molecular weight excluding hydrogens is 376 g/mol. The number of benzene rings is 1. The van der Waals surface area contributed by atoms with Gasteiger partial charge in [-0.15, -0.1) is 0 Å². The van der Waals surface area contributed by atoms with Gasteiger partial charge in [-0.25, -0.2) is 4.79 Å². The van der Waals surface area contributed by atoms with Crippen LogP contribution in [-0.4, -0.2) is 41.6 Å². The van der Waals surface area contributed by atoms with Gasteiger partial charge in [-0.2, -0.15) is 0 Å². The van der Waals surface area contributed by atoms with Gasteiger partial charge in [-0.1, -0.05) is 50.3 Å². The molecule has 0 spiro atoms. The van der Waals surface area contributed by atoms with Crippen LogP contribution in [0.25, 0.3) is 5.57 Å². The summed E-state index contributed by atoms with van der Waals surface area (Å²) in [4.78, 5) is 27.8. The highest BCUT2D eigenvalue weighted by Crippen LogP contribution is 2.46. The lowest BCUT2D eigenvalue weighted by molar-refractivity contribution is -0.144. The molecule has 5 heteroatoms. The Hall–Kier alpha value is -2.30. The Bertz CT molecular complexity index is 794. The fraction of sp³-hybridized carbons (Fsp3) is 0.600. The number of rotatable bonds is 4. The second kappa shape index (κ2) is 8.83. The molecule has 0 aromatic heterocycles. The van der Waals surface area contributed by atoms with Crippen LogP contribution in [0, 0.1) is 11.3 Å². The summed E-state index contributed by atoms with van der Waals surface area (Å²) in [5, 5.41) is 2.99. The van der Waals surface area contributed by atoms with Crippen molar-refractivity contribution >= 4 is 17.6 Å². The highest BCUT2D eigenvalue weighted by molar-refractivity contribution is 5.85. The number of carbonyl (C=O) groups is 2. The van der Waals surface area contributed by atoms with Crippen LogP contribution >= 0.6 is 0 Å². The van der Waals surface area contributed by atoms with Crippen LogP contribution in [0.4, 0.5) is 4.79 Å². The molecule has 1 N–H and O–H groups in total. The molecule has 0 bridgehead atoms. The van der Waals surface area contributed by atoms with E-state index in [0.29, 0.717) is 13.0 Å². The summed E-state index contributed by atoms with van der Waals surface area (Å²) in [5.41, 5.74) is 1.61. The Morgan fingerprint density at radius 2 is 1.90 bits per heavy atom. The first-order valence-corrected chi connectivity index (χ1v) is 11.1. The average molecular weight is 413 g/mol. The average Bonchev–Trinajstić information content (AvgIpc) is 3.12. The summed E-state index contributed by atoms with van der Waals surface area (Å²) in [5.74, 6) is 0.448. The second-order valence-electron chi connectivity index (χ2n) is 9.99. The van der Waals surface area contributed by atoms with E-state index in [1.165, 1.54) is 11.1 Å². The zero-order valence-corrected chi connectivity index (χ0v) is 19.0. The van der Waals surface area contributed by atoms with Crippen molar-refractivity contribution in [3.63, 3.8) is 0 Å². The van der Waals surface area contributed by atoms with Crippen molar-refractivity contribution in [2.75, 3.05) is 13.1 Å². The third-order valence-corrected chi connectivity index (χ3v) is 6.44. The van der Waals surface area contributed by atoms with Crippen molar-refractivity contribution < 1.29 is 14.3 Å². The first kappa shape index (κ1) is 22.4. The minimum atomic E-state index is -0.524. The van der Waals surface area contributed by atoms with Crippen LogP contribution < -0.4 is 5.32 Å². The van der Waals surface area contributed by atoms with Gasteiger partial charge in [0.05, 0.1) is 5.41 Å². The number of carbonyl (C=O) groups excluding carboxylic acids is 2. The van der Waals surface area contributed by atoms with E-state index < -0.39 is 17.1 Å². The maximum absolute atomic E-state index is 13.6. The van der Waals surface area contributed by atoms with Crippen LogP contribution in [0.3, 0.4) is 0 Å². The quantitative estimate of drug-likeness (QED) is 0.755. The Kier molecular flexibility index (Phi) is 6.59. The maximum atomic E-state index is 13.6. The van der Waals surface area contributed by atoms with Gasteiger partial charge in [0, 0.05) is 19.1 Å². The summed E-state index contributed by atoms with van der Waals surface area (Å²) in [6.07, 6.45) is 4.96. The molecular formula is C25H36N2O3. The molecule has 30 heavy (non-hydrogen) atoms. The zero-order valence-electron chi connectivity index (χ0n) is 19.0. The summed E-state index contributed by atoms with van der Waals surface area (Å²) in [7, 11) is 0. The Morgan fingerprint density at radius 3 is 2.47 bits per heavy atom. The van der Waals surface area contributed by atoms with Crippen LogP contribution in [-0.2, 0) is 9.53 Å². The normalized spacial score (nSPS) is 24.5. The molecule has 1 heterocycles. The van der Waals surface area contributed by atoms with Gasteiger partial charge in [-0.3, -0.25) is 4.79 Å². The molecule has 5 nitrogen and oxygen atoms in total. The first-order chi connectivity index (χ1) is 14.1. The lowest BCUT2D eigenvalue weighted by atomic mass is 9.74. The first-order valence-electron chi connectivity index (χ1n) is 11.1. The molecule has 1 aromatic carbocycles. The van der Waals surface area contributed by atoms with E-state index in [9.17, 15) is 9.59 Å². The van der Waals surface area contributed by atoms with Crippen LogP contribution in [0.2, 0.25) is 0 Å². The predicted molar refractivity (Wildman–Crippen MR) is 120 cm³/mol. The number of hydrogen-bond acceptors (Lipinski definition) is 3. The van der Waals surface area contributed by atoms with Crippen molar-refractivity contribution in [3.05, 3.63) is 42.0 Å². The lowest BCUT2D eigenvalue weighted by Crippen LogP contribution is -2.48. The Labute approximate surface area is 180 Å². The highest BCUT2D eigenvalue weighted by Gasteiger charge is 2.49. The summed E-state index contributed by atoms with van der Waals surface area (Å²) < 4.78 is 5.41. The van der Waals surface area contributed by atoms with Crippen LogP contribution in [0.15, 0.2) is 36.4 Å². The summed E-state index contributed by atoms with van der Waals surface area (Å²) in [6.45, 7) is 11.2. The van der Waals surface area contributed by atoms with Crippen molar-refractivity contribution in [3.8, 4) is 0 Å². The Balaban J connectivity index is 1.66. The van der Waals surface area contributed by atoms with E-state index in [-0.39, 0.29) is 17.9 Å². The maximum Gasteiger partial charge on any atom is 0.407 e. The standard InChI is InChI=1S/C25H36N2O3/c1-18(2)25(14-11-21(17-25)26-23(29)30-24(3,4)5)22(28)27-15-12-20(13-16-27)19-9-7-6-8-10-19/h6-10,12,18,21H,11,13-17H2,1-5H3,(H,26,29)/t21-,25+/m1/s1. The SMILES string of the molecule is CC(C)[C@]1(C(=O)N2CC=C(c3ccccc3)CC2)CC[C@@H](NC(=O)OC(C)(C)C)C1. The van der Waals surface area contributed by atoms with Crippen molar-refractivity contribution in [2.45, 2.75) is 71.9 Å². The number of ether oxygens (including phenoxy) is 1. The number of nitrogens with one attached hydrogen (secondary N) is 1. The molecule has 2 aliphatic rings. The van der Waals surface area contributed by atoms with Gasteiger partial charge in [0.25, 0.3) is 0 Å². The molecule has 0 unspecified atom stereocenters. The number of hydrogen-bond donors (Lipinski definition) is 1. The number of amides is 2. The second-order valence-corrected chi connectivity index (χ2v) is 9.99. The molecule has 2 atom stereocenters. The molecule has 0 radical (unpaired) electrons. The predicted octanol–water partition coefficient (Wildman–Crippen LogP) is 5.02. The molecule has 0 saturated heterocycles. The molecule has 1 aliphatic heterocycles. The molecule has 1 aromatic rings. The largest absolute Gasteiger partial charge is 0.444 e. The third-order valence-electron chi connectivity index (χ3n) is 6.44. The van der Waals surface area contributed by atoms with Gasteiger partial charge in [0.15, 0.2) is 0 Å². The molecule has 1 aliphatic carbocycles. The van der Waals surface area contributed by atoms with E-state index in [4.69, 9.17) is 4.74 Å². The van der Waals surface area contributed by atoms with Crippen molar-refractivity contribution in [2.24, 2.45) is 11.3 Å². The molecule has 2 amide bonds. The molecule has 3 rings (SSSR count). The van der Waals surface area contributed by atoms with E-state index in [2.05, 4.69) is 49.5 Å². The molecule has 1 fully saturated rings. The summed E-state index contributed by atoms with van der Waals surface area (Å²) in [6, 6.07) is 10.4. The third kappa shape index (κ3) is 5.05. The zero-order chi connectivity index (χ0) is 21.9. The lowest BCUT2D eigenvalue weighted by Gasteiger charge is -2.39. The topological polar surface area (TPSA) is 58.6 Å². The van der Waals surface area contributed by atoms with Crippen molar-refractivity contribution in [1.29, 1.82) is 0 Å². The van der Waals surface area contributed by atoms with Crippen LogP contribution in [0.5, 0.6) is 0 Å². The van der Waals surface area contributed by atoms with E-state index in [1.54, 1.807) is 0 Å². The summed E-state index contributed by atoms with van der Waals surface area (Å²) >= 11 is 0. The van der Waals surface area contributed by atoms with Crippen LogP contribution in [0.1, 0.15) is 65.9 Å². The highest BCUT2D eigenvalue weighted by atomic mass is 16.6. The minimum Gasteiger partial charge on any atom is -0.444 e. The minimum absolute atomic E-state index is 0.0218. The molecule has 1 saturated carbocycles. The Morgan fingerprint density at radius 1 is 1.20 bits per heavy atom. The van der Waals surface area contributed by atoms with Gasteiger partial charge in [-0.05, 0) is 63.5 Å². The smallest absolute Gasteiger partial charge is 0.407 e. The number of alkyl carbamates (subject to hydrolysis) is 1. The fourth-order valence-corrected chi connectivity index (χ4v) is 4.72. The van der Waals surface area contributed by atoms with Gasteiger partial charge >= 0.3 is 6.09 Å². The van der Waals surface area contributed by atoms with Gasteiger partial charge < -0.3 is 15.0 Å².